The molecule has 5 rings (SSSR count). The molecule has 4 N–H and O–H groups in total. The van der Waals surface area contributed by atoms with Gasteiger partial charge in [-0.2, -0.15) is 0 Å². The first-order valence-corrected chi connectivity index (χ1v) is 16.7. The Kier molecular flexibility index (Phi) is 9.75. The van der Waals surface area contributed by atoms with Gasteiger partial charge in [0, 0.05) is 12.1 Å². The largest absolute Gasteiger partial charge is 0.490 e. The van der Waals surface area contributed by atoms with Gasteiger partial charge >= 0.3 is 0 Å². The van der Waals surface area contributed by atoms with E-state index >= 15 is 0 Å². The van der Waals surface area contributed by atoms with Gasteiger partial charge in [0.15, 0.2) is 0 Å². The number of amidine groups is 2. The lowest BCUT2D eigenvalue weighted by atomic mass is 10.1. The Hall–Kier alpha value is -3.38. The monoisotopic (exact) mass is 740 g/mol. The second-order valence-electron chi connectivity index (χ2n) is 10.1. The van der Waals surface area contributed by atoms with Crippen molar-refractivity contribution in [3.8, 4) is 34.1 Å². The summed E-state index contributed by atoms with van der Waals surface area (Å²) in [4.78, 5) is 11.0. The van der Waals surface area contributed by atoms with E-state index in [1.807, 2.05) is 100 Å². The zero-order valence-electron chi connectivity index (χ0n) is 23.9. The normalized spacial score (nSPS) is 12.4. The summed E-state index contributed by atoms with van der Waals surface area (Å²) in [5.74, 6) is 3.49. The first-order valence-electron chi connectivity index (χ1n) is 13.5. The molecule has 0 fully saturated rings. The quantitative estimate of drug-likeness (QED) is 0.109. The van der Waals surface area contributed by atoms with E-state index in [1.165, 1.54) is 22.7 Å². The zero-order chi connectivity index (χ0) is 30.7. The average molecular weight is 743 g/mol. The SMILES string of the molecule is CC(C)Oc1cc(N=C(N)c2ccc(Br)s2)ccc1-c1ccc(-c2ccc(N=C(N)c3ccc(Br)s3)cc2OC(C)C)o1. The standard InChI is InChI=1S/C32H30Br2N4O3S2/c1-17(2)39-25-15-19(37-31(35)27-11-13-29(33)42-27)5-7-21(25)23-9-10-24(41-23)22-8-6-20(16-26(22)40-18(3)4)38-32(36)28-12-14-30(34)43-28/h5-18H,1-4H3,(H2,35,37)(H2,36,38). The van der Waals surface area contributed by atoms with Crippen LogP contribution in [-0.2, 0) is 0 Å². The fourth-order valence-corrected chi connectivity index (χ4v) is 6.77. The third-order valence-corrected chi connectivity index (χ3v) is 9.24. The molecule has 3 aromatic heterocycles. The second kappa shape index (κ2) is 13.5. The third-order valence-electron chi connectivity index (χ3n) is 5.94. The van der Waals surface area contributed by atoms with Gasteiger partial charge in [-0.3, -0.25) is 0 Å². The van der Waals surface area contributed by atoms with Crippen LogP contribution in [0.3, 0.4) is 0 Å². The van der Waals surface area contributed by atoms with Crippen LogP contribution in [0.2, 0.25) is 0 Å². The molecule has 7 nitrogen and oxygen atoms in total. The van der Waals surface area contributed by atoms with Crippen LogP contribution in [0.15, 0.2) is 94.8 Å². The number of halogens is 2. The number of hydrogen-bond donors (Lipinski definition) is 2. The van der Waals surface area contributed by atoms with Crippen LogP contribution in [0.25, 0.3) is 22.6 Å². The molecule has 0 aliphatic heterocycles. The van der Waals surface area contributed by atoms with Crippen LogP contribution in [0.4, 0.5) is 11.4 Å². The lowest BCUT2D eigenvalue weighted by Gasteiger charge is -2.15. The predicted molar refractivity (Wildman–Crippen MR) is 186 cm³/mol. The van der Waals surface area contributed by atoms with Crippen molar-refractivity contribution in [1.29, 1.82) is 0 Å². The van der Waals surface area contributed by atoms with Crippen molar-refractivity contribution >= 4 is 77.6 Å². The highest BCUT2D eigenvalue weighted by molar-refractivity contribution is 9.11. The summed E-state index contributed by atoms with van der Waals surface area (Å²) >= 11 is 10.0. The summed E-state index contributed by atoms with van der Waals surface area (Å²) in [6.45, 7) is 7.92. The van der Waals surface area contributed by atoms with E-state index < -0.39 is 0 Å². The number of hydrogen-bond acceptors (Lipinski definition) is 7. The molecule has 0 aliphatic rings. The Labute approximate surface area is 275 Å². The highest BCUT2D eigenvalue weighted by atomic mass is 79.9. The van der Waals surface area contributed by atoms with E-state index in [-0.39, 0.29) is 12.2 Å². The molecule has 0 saturated carbocycles. The molecule has 0 saturated heterocycles. The first-order chi connectivity index (χ1) is 20.5. The Balaban J connectivity index is 1.48. The van der Waals surface area contributed by atoms with Crippen molar-refractivity contribution in [3.63, 3.8) is 0 Å². The topological polar surface area (TPSA) is 108 Å². The Morgan fingerprint density at radius 3 is 1.42 bits per heavy atom. The summed E-state index contributed by atoms with van der Waals surface area (Å²) in [6.07, 6.45) is -0.111. The summed E-state index contributed by atoms with van der Waals surface area (Å²) in [5, 5.41) is 0. The molecule has 0 aliphatic carbocycles. The number of nitrogens with two attached hydrogens (primary N) is 2. The molecule has 0 amide bonds. The highest BCUT2D eigenvalue weighted by Gasteiger charge is 2.18. The molecule has 5 aromatic rings. The molecule has 3 heterocycles. The molecule has 0 bridgehead atoms. The average Bonchev–Trinajstić information content (AvgIpc) is 3.70. The van der Waals surface area contributed by atoms with Gasteiger partial charge in [0.25, 0.3) is 0 Å². The number of aliphatic imine (C=N–C) groups is 2. The minimum absolute atomic E-state index is 0.0557. The van der Waals surface area contributed by atoms with Crippen molar-refractivity contribution in [2.45, 2.75) is 39.9 Å². The highest BCUT2D eigenvalue weighted by Crippen LogP contribution is 2.40. The van der Waals surface area contributed by atoms with Crippen LogP contribution in [0.5, 0.6) is 11.5 Å². The molecule has 222 valence electrons. The van der Waals surface area contributed by atoms with Crippen LogP contribution < -0.4 is 20.9 Å². The number of rotatable bonds is 10. The van der Waals surface area contributed by atoms with Crippen LogP contribution in [0.1, 0.15) is 37.4 Å². The molecule has 43 heavy (non-hydrogen) atoms. The van der Waals surface area contributed by atoms with Gasteiger partial charge in [-0.1, -0.05) is 0 Å². The van der Waals surface area contributed by atoms with Gasteiger partial charge < -0.3 is 25.4 Å². The van der Waals surface area contributed by atoms with E-state index in [2.05, 4.69) is 41.8 Å². The maximum atomic E-state index is 6.40. The summed E-state index contributed by atoms with van der Waals surface area (Å²) in [7, 11) is 0. The molecule has 0 unspecified atom stereocenters. The fourth-order valence-electron chi connectivity index (χ4n) is 4.19. The minimum Gasteiger partial charge on any atom is -0.490 e. The van der Waals surface area contributed by atoms with E-state index in [1.54, 1.807) is 0 Å². The van der Waals surface area contributed by atoms with E-state index in [9.17, 15) is 0 Å². The molecule has 0 atom stereocenters. The second-order valence-corrected chi connectivity index (χ2v) is 15.0. The van der Waals surface area contributed by atoms with Gasteiger partial charge in [0.2, 0.25) is 0 Å². The lowest BCUT2D eigenvalue weighted by Crippen LogP contribution is -2.10. The number of furan rings is 1. The van der Waals surface area contributed by atoms with Crippen LogP contribution in [0, 0.1) is 0 Å². The third kappa shape index (κ3) is 7.77. The molecule has 2 aromatic carbocycles. The molecular formula is C32H30Br2N4O3S2. The smallest absolute Gasteiger partial charge is 0.141 e. The zero-order valence-corrected chi connectivity index (χ0v) is 28.7. The van der Waals surface area contributed by atoms with Crippen molar-refractivity contribution in [1.82, 2.24) is 0 Å². The Morgan fingerprint density at radius 2 is 1.07 bits per heavy atom. The van der Waals surface area contributed by atoms with Crippen molar-refractivity contribution in [3.05, 3.63) is 90.1 Å². The van der Waals surface area contributed by atoms with Crippen LogP contribution >= 0.6 is 54.5 Å². The lowest BCUT2D eigenvalue weighted by molar-refractivity contribution is 0.243. The number of benzene rings is 2. The summed E-state index contributed by atoms with van der Waals surface area (Å²) < 4.78 is 20.8. The summed E-state index contributed by atoms with van der Waals surface area (Å²) in [6, 6.07) is 23.1. The van der Waals surface area contributed by atoms with Gasteiger partial charge in [0.05, 0.1) is 52.0 Å². The molecule has 11 heteroatoms. The van der Waals surface area contributed by atoms with Gasteiger partial charge in [-0.25, -0.2) is 9.98 Å². The van der Waals surface area contributed by atoms with Gasteiger partial charge in [0.1, 0.15) is 34.7 Å². The number of thiophene rings is 2. The maximum Gasteiger partial charge on any atom is 0.141 e. The minimum atomic E-state index is -0.0557. The Morgan fingerprint density at radius 1 is 0.651 bits per heavy atom. The van der Waals surface area contributed by atoms with E-state index in [0.717, 1.165) is 28.5 Å². The molecular weight excluding hydrogens is 712 g/mol. The maximum absolute atomic E-state index is 6.40. The Bertz CT molecular complexity index is 1680. The van der Waals surface area contributed by atoms with Gasteiger partial charge in [-0.05, 0) is 120 Å². The molecule has 0 radical (unpaired) electrons. The van der Waals surface area contributed by atoms with Gasteiger partial charge in [-0.15, -0.1) is 22.7 Å². The van der Waals surface area contributed by atoms with Crippen molar-refractivity contribution in [2.24, 2.45) is 21.5 Å². The number of nitrogens with zero attached hydrogens (tertiary/aromatic N) is 2. The van der Waals surface area contributed by atoms with E-state index in [0.29, 0.717) is 46.1 Å². The molecule has 0 spiro atoms. The fraction of sp³-hybridized carbons (Fsp3) is 0.188. The van der Waals surface area contributed by atoms with Crippen LogP contribution in [-0.4, -0.2) is 23.9 Å². The van der Waals surface area contributed by atoms with Crippen molar-refractivity contribution < 1.29 is 13.9 Å². The number of ether oxygens (including phenoxy) is 2. The predicted octanol–water partition coefficient (Wildman–Crippen LogP) is 9.91. The first kappa shape index (κ1) is 31.1. The van der Waals surface area contributed by atoms with E-state index in [4.69, 9.17) is 25.4 Å². The van der Waals surface area contributed by atoms with Crippen molar-refractivity contribution in [2.75, 3.05) is 0 Å². The summed E-state index contributed by atoms with van der Waals surface area (Å²) in [5.41, 5.74) is 15.5.